The van der Waals surface area contributed by atoms with Gasteiger partial charge in [-0.25, -0.2) is 9.37 Å². The average molecular weight is 297 g/mol. The maximum Gasteiger partial charge on any atom is 0.142 e. The van der Waals surface area contributed by atoms with Gasteiger partial charge in [-0.3, -0.25) is 0 Å². The van der Waals surface area contributed by atoms with E-state index in [9.17, 15) is 4.39 Å². The van der Waals surface area contributed by atoms with E-state index in [0.717, 1.165) is 21.8 Å². The number of hydrogen-bond acceptors (Lipinski definition) is 1. The van der Waals surface area contributed by atoms with Crippen molar-refractivity contribution in [2.45, 2.75) is 0 Å². The molecule has 0 aliphatic rings. The highest BCUT2D eigenvalue weighted by Crippen LogP contribution is 2.31. The van der Waals surface area contributed by atoms with Crippen molar-refractivity contribution in [3.05, 3.63) is 65.4 Å². The number of aromatic nitrogens is 2. The lowest BCUT2D eigenvalue weighted by atomic mass is 10.1. The van der Waals surface area contributed by atoms with Gasteiger partial charge in [-0.2, -0.15) is 0 Å². The lowest BCUT2D eigenvalue weighted by Crippen LogP contribution is -1.87. The number of fused-ring (bicyclic) bond motifs is 2. The first-order valence-corrected chi connectivity index (χ1v) is 6.93. The van der Waals surface area contributed by atoms with Crippen LogP contribution in [0, 0.1) is 5.82 Å². The Kier molecular flexibility index (Phi) is 2.69. The summed E-state index contributed by atoms with van der Waals surface area (Å²) in [5, 5.41) is 2.56. The topological polar surface area (TPSA) is 28.7 Å². The molecule has 1 N–H and O–H groups in total. The number of nitrogens with one attached hydrogen (secondary N) is 1. The largest absolute Gasteiger partial charge is 0.338 e. The molecule has 0 amide bonds. The van der Waals surface area contributed by atoms with Gasteiger partial charge in [0.1, 0.15) is 11.6 Å². The van der Waals surface area contributed by atoms with Crippen LogP contribution in [0.3, 0.4) is 0 Å². The molecule has 4 aromatic rings. The number of H-pyrrole nitrogens is 1. The standard InChI is InChI=1S/C17H10ClFN2/c18-12-6-3-7-13(19)16(12)17-20-14-8-10-4-1-2-5-11(10)9-15(14)21-17/h1-9H,(H,20,21). The number of hydrogen-bond donors (Lipinski definition) is 1. The first-order chi connectivity index (χ1) is 10.2. The number of nitrogens with zero attached hydrogens (tertiary/aromatic N) is 1. The first kappa shape index (κ1) is 12.4. The predicted molar refractivity (Wildman–Crippen MR) is 84.0 cm³/mol. The Hall–Kier alpha value is -2.39. The van der Waals surface area contributed by atoms with E-state index in [0.29, 0.717) is 16.4 Å². The maximum absolute atomic E-state index is 14.0. The van der Waals surface area contributed by atoms with Crippen LogP contribution >= 0.6 is 11.6 Å². The first-order valence-electron chi connectivity index (χ1n) is 6.55. The van der Waals surface area contributed by atoms with E-state index >= 15 is 0 Å². The number of rotatable bonds is 1. The van der Waals surface area contributed by atoms with Crippen LogP contribution in [0.15, 0.2) is 54.6 Å². The summed E-state index contributed by atoms with van der Waals surface area (Å²) in [5.74, 6) is 0.0644. The van der Waals surface area contributed by atoms with Gasteiger partial charge in [-0.15, -0.1) is 0 Å². The van der Waals surface area contributed by atoms with Crippen LogP contribution < -0.4 is 0 Å². The van der Waals surface area contributed by atoms with Crippen molar-refractivity contribution in [1.82, 2.24) is 9.97 Å². The molecule has 0 unspecified atom stereocenters. The highest BCUT2D eigenvalue weighted by Gasteiger charge is 2.14. The molecule has 0 saturated carbocycles. The molecule has 3 aromatic carbocycles. The summed E-state index contributed by atoms with van der Waals surface area (Å²) < 4.78 is 14.0. The minimum Gasteiger partial charge on any atom is -0.338 e. The van der Waals surface area contributed by atoms with E-state index < -0.39 is 0 Å². The van der Waals surface area contributed by atoms with Gasteiger partial charge >= 0.3 is 0 Å². The van der Waals surface area contributed by atoms with Crippen LogP contribution in [-0.4, -0.2) is 9.97 Å². The van der Waals surface area contributed by atoms with E-state index in [2.05, 4.69) is 9.97 Å². The summed E-state index contributed by atoms with van der Waals surface area (Å²) in [5.41, 5.74) is 1.96. The Bertz CT molecular complexity index is 902. The minimum absolute atomic E-state index is 0.305. The molecule has 2 nitrogen and oxygen atoms in total. The maximum atomic E-state index is 14.0. The van der Waals surface area contributed by atoms with Crippen molar-refractivity contribution in [3.8, 4) is 11.4 Å². The van der Waals surface area contributed by atoms with E-state index in [1.54, 1.807) is 12.1 Å². The minimum atomic E-state index is -0.383. The van der Waals surface area contributed by atoms with Gasteiger partial charge < -0.3 is 4.98 Å². The van der Waals surface area contributed by atoms with Gasteiger partial charge in [0.15, 0.2) is 0 Å². The second-order valence-electron chi connectivity index (χ2n) is 4.90. The fraction of sp³-hybridized carbons (Fsp3) is 0. The zero-order valence-corrected chi connectivity index (χ0v) is 11.7. The molecule has 1 heterocycles. The van der Waals surface area contributed by atoms with E-state index in [1.807, 2.05) is 36.4 Å². The summed E-state index contributed by atoms with van der Waals surface area (Å²) >= 11 is 6.10. The fourth-order valence-corrected chi connectivity index (χ4v) is 2.79. The molecular formula is C17H10ClFN2. The van der Waals surface area contributed by atoms with Crippen LogP contribution in [-0.2, 0) is 0 Å². The molecule has 0 aliphatic carbocycles. The van der Waals surface area contributed by atoms with Gasteiger partial charge in [0.2, 0.25) is 0 Å². The zero-order valence-electron chi connectivity index (χ0n) is 10.9. The number of aromatic amines is 1. The molecule has 0 bridgehead atoms. The predicted octanol–water partition coefficient (Wildman–Crippen LogP) is 5.18. The highest BCUT2D eigenvalue weighted by molar-refractivity contribution is 6.33. The number of benzene rings is 3. The average Bonchev–Trinajstić information content (AvgIpc) is 2.86. The van der Waals surface area contributed by atoms with Crippen molar-refractivity contribution < 1.29 is 4.39 Å². The zero-order chi connectivity index (χ0) is 14.4. The molecule has 0 radical (unpaired) electrons. The normalized spacial score (nSPS) is 11.3. The third kappa shape index (κ3) is 1.98. The second-order valence-corrected chi connectivity index (χ2v) is 5.31. The quantitative estimate of drug-likeness (QED) is 0.515. The molecule has 102 valence electrons. The van der Waals surface area contributed by atoms with Crippen molar-refractivity contribution in [3.63, 3.8) is 0 Å². The van der Waals surface area contributed by atoms with E-state index in [4.69, 9.17) is 11.6 Å². The SMILES string of the molecule is Fc1cccc(Cl)c1-c1nc2cc3ccccc3cc2[nH]1. The summed E-state index contributed by atoms with van der Waals surface area (Å²) in [6, 6.07) is 16.6. The summed E-state index contributed by atoms with van der Waals surface area (Å²) in [4.78, 5) is 7.62. The number of halogens is 2. The summed E-state index contributed by atoms with van der Waals surface area (Å²) in [6.45, 7) is 0. The van der Waals surface area contributed by atoms with Crippen LogP contribution in [0.5, 0.6) is 0 Å². The van der Waals surface area contributed by atoms with Crippen LogP contribution in [0.25, 0.3) is 33.2 Å². The third-order valence-electron chi connectivity index (χ3n) is 3.55. The molecule has 0 aliphatic heterocycles. The molecule has 0 atom stereocenters. The van der Waals surface area contributed by atoms with Crippen LogP contribution in [0.2, 0.25) is 5.02 Å². The van der Waals surface area contributed by atoms with Crippen molar-refractivity contribution in [2.75, 3.05) is 0 Å². The Balaban J connectivity index is 2.00. The van der Waals surface area contributed by atoms with Crippen molar-refractivity contribution >= 4 is 33.4 Å². The Labute approximate surface area is 125 Å². The Morgan fingerprint density at radius 2 is 1.71 bits per heavy atom. The Morgan fingerprint density at radius 3 is 2.48 bits per heavy atom. The fourth-order valence-electron chi connectivity index (χ4n) is 2.54. The van der Waals surface area contributed by atoms with E-state index in [1.165, 1.54) is 6.07 Å². The molecule has 0 spiro atoms. The monoisotopic (exact) mass is 296 g/mol. The molecular weight excluding hydrogens is 287 g/mol. The lowest BCUT2D eigenvalue weighted by molar-refractivity contribution is 0.630. The van der Waals surface area contributed by atoms with Crippen LogP contribution in [0.4, 0.5) is 4.39 Å². The summed E-state index contributed by atoms with van der Waals surface area (Å²) in [6.07, 6.45) is 0. The van der Waals surface area contributed by atoms with Gasteiger partial charge in [0, 0.05) is 0 Å². The van der Waals surface area contributed by atoms with E-state index in [-0.39, 0.29) is 5.82 Å². The lowest BCUT2D eigenvalue weighted by Gasteiger charge is -2.01. The second kappa shape index (κ2) is 4.57. The molecule has 4 rings (SSSR count). The third-order valence-corrected chi connectivity index (χ3v) is 3.86. The van der Waals surface area contributed by atoms with Gasteiger partial charge in [0.25, 0.3) is 0 Å². The van der Waals surface area contributed by atoms with Gasteiger partial charge in [-0.1, -0.05) is 41.9 Å². The molecule has 0 saturated heterocycles. The Morgan fingerprint density at radius 1 is 0.952 bits per heavy atom. The number of imidazole rings is 1. The molecule has 21 heavy (non-hydrogen) atoms. The smallest absolute Gasteiger partial charge is 0.142 e. The van der Waals surface area contributed by atoms with Crippen molar-refractivity contribution in [1.29, 1.82) is 0 Å². The van der Waals surface area contributed by atoms with Crippen LogP contribution in [0.1, 0.15) is 0 Å². The molecule has 1 aromatic heterocycles. The molecule has 0 fully saturated rings. The summed E-state index contributed by atoms with van der Waals surface area (Å²) in [7, 11) is 0. The van der Waals surface area contributed by atoms with Crippen molar-refractivity contribution in [2.24, 2.45) is 0 Å². The van der Waals surface area contributed by atoms with Gasteiger partial charge in [0.05, 0.1) is 21.6 Å². The van der Waals surface area contributed by atoms with Gasteiger partial charge in [-0.05, 0) is 35.0 Å². The highest BCUT2D eigenvalue weighted by atomic mass is 35.5. The molecule has 4 heteroatoms.